The third kappa shape index (κ3) is 4.06. The van der Waals surface area contributed by atoms with Gasteiger partial charge in [-0.15, -0.1) is 0 Å². The molecule has 7 heteroatoms. The largest absolute Gasteiger partial charge is 0.330 e. The Bertz CT molecular complexity index is 611. The lowest BCUT2D eigenvalue weighted by molar-refractivity contribution is -0.114. The molecule has 2 rings (SSSR count). The van der Waals surface area contributed by atoms with Crippen molar-refractivity contribution in [3.8, 4) is 0 Å². The average molecular weight is 325 g/mol. The summed E-state index contributed by atoms with van der Waals surface area (Å²) in [7, 11) is -3.48. The highest BCUT2D eigenvalue weighted by Gasteiger charge is 2.29. The van der Waals surface area contributed by atoms with E-state index in [1.54, 1.807) is 16.4 Å². The molecule has 0 aliphatic carbocycles. The number of carbonyl (C=O) groups is 1. The zero-order valence-electron chi connectivity index (χ0n) is 12.8. The van der Waals surface area contributed by atoms with E-state index in [9.17, 15) is 13.2 Å². The molecule has 0 bridgehead atoms. The van der Waals surface area contributed by atoms with Gasteiger partial charge in [-0.3, -0.25) is 4.79 Å². The Hall–Kier alpha value is -1.44. The SMILES string of the molecule is CC(=O)Nc1ccc(S(=O)(=O)N2CCCC(CCN)C2)cc1. The van der Waals surface area contributed by atoms with Crippen molar-refractivity contribution in [2.75, 3.05) is 25.0 Å². The number of sulfonamides is 1. The van der Waals surface area contributed by atoms with E-state index in [-0.39, 0.29) is 10.8 Å². The number of nitrogens with two attached hydrogens (primary N) is 1. The monoisotopic (exact) mass is 325 g/mol. The van der Waals surface area contributed by atoms with Crippen molar-refractivity contribution in [1.82, 2.24) is 4.31 Å². The molecule has 1 aromatic carbocycles. The molecule has 3 N–H and O–H groups in total. The molecule has 1 aliphatic rings. The van der Waals surface area contributed by atoms with Crippen LogP contribution in [0.25, 0.3) is 0 Å². The van der Waals surface area contributed by atoms with E-state index < -0.39 is 10.0 Å². The van der Waals surface area contributed by atoms with Crippen LogP contribution < -0.4 is 11.1 Å². The van der Waals surface area contributed by atoms with E-state index in [2.05, 4.69) is 5.32 Å². The van der Waals surface area contributed by atoms with Crippen molar-refractivity contribution in [3.05, 3.63) is 24.3 Å². The zero-order chi connectivity index (χ0) is 16.2. The van der Waals surface area contributed by atoms with Gasteiger partial charge in [0, 0.05) is 25.7 Å². The maximum absolute atomic E-state index is 12.7. The molecular weight excluding hydrogens is 302 g/mol. The molecule has 6 nitrogen and oxygen atoms in total. The molecule has 1 amide bonds. The van der Waals surface area contributed by atoms with Gasteiger partial charge < -0.3 is 11.1 Å². The fraction of sp³-hybridized carbons (Fsp3) is 0.533. The summed E-state index contributed by atoms with van der Waals surface area (Å²) in [6, 6.07) is 6.28. The summed E-state index contributed by atoms with van der Waals surface area (Å²) in [4.78, 5) is 11.3. The molecule has 1 fully saturated rings. The van der Waals surface area contributed by atoms with Crippen molar-refractivity contribution < 1.29 is 13.2 Å². The lowest BCUT2D eigenvalue weighted by atomic mass is 9.96. The molecule has 0 spiro atoms. The molecule has 1 aromatic rings. The van der Waals surface area contributed by atoms with Gasteiger partial charge in [0.2, 0.25) is 15.9 Å². The fourth-order valence-electron chi connectivity index (χ4n) is 2.78. The van der Waals surface area contributed by atoms with Crippen LogP contribution in [0.2, 0.25) is 0 Å². The second kappa shape index (κ2) is 7.21. The third-order valence-corrected chi connectivity index (χ3v) is 5.75. The molecule has 0 aromatic heterocycles. The van der Waals surface area contributed by atoms with E-state index in [4.69, 9.17) is 5.73 Å². The maximum atomic E-state index is 12.7. The van der Waals surface area contributed by atoms with Gasteiger partial charge in [-0.1, -0.05) is 0 Å². The first-order valence-corrected chi connectivity index (χ1v) is 8.95. The molecule has 122 valence electrons. The van der Waals surface area contributed by atoms with Crippen molar-refractivity contribution >= 4 is 21.6 Å². The van der Waals surface area contributed by atoms with Gasteiger partial charge in [-0.25, -0.2) is 8.42 Å². The predicted molar refractivity (Wildman–Crippen MR) is 85.9 cm³/mol. The van der Waals surface area contributed by atoms with E-state index in [1.807, 2.05) is 0 Å². The van der Waals surface area contributed by atoms with E-state index in [0.29, 0.717) is 31.2 Å². The number of hydrogen-bond donors (Lipinski definition) is 2. The normalized spacial score (nSPS) is 19.8. The molecule has 1 unspecified atom stereocenters. The standard InChI is InChI=1S/C15H23N3O3S/c1-12(19)17-14-4-6-15(7-5-14)22(20,21)18-10-2-3-13(11-18)8-9-16/h4-7,13H,2-3,8-11,16H2,1H3,(H,17,19). The van der Waals surface area contributed by atoms with Gasteiger partial charge in [0.25, 0.3) is 0 Å². The van der Waals surface area contributed by atoms with Crippen LogP contribution in [0, 0.1) is 5.92 Å². The van der Waals surface area contributed by atoms with Crippen LogP contribution in [0.1, 0.15) is 26.2 Å². The molecule has 0 saturated carbocycles. The predicted octanol–water partition coefficient (Wildman–Crippen LogP) is 1.39. The second-order valence-electron chi connectivity index (χ2n) is 5.65. The Kier molecular flexibility index (Phi) is 5.55. The summed E-state index contributed by atoms with van der Waals surface area (Å²) in [5.74, 6) is 0.156. The van der Waals surface area contributed by atoms with E-state index in [0.717, 1.165) is 19.3 Å². The molecule has 1 heterocycles. The minimum atomic E-state index is -3.48. The van der Waals surface area contributed by atoms with Gasteiger partial charge in [-0.2, -0.15) is 4.31 Å². The molecule has 0 radical (unpaired) electrons. The minimum Gasteiger partial charge on any atom is -0.330 e. The number of amides is 1. The first-order chi connectivity index (χ1) is 10.4. The molecule has 1 saturated heterocycles. The molecule has 1 atom stereocenters. The number of piperidine rings is 1. The molecule has 1 aliphatic heterocycles. The minimum absolute atomic E-state index is 0.184. The van der Waals surface area contributed by atoms with Crippen molar-refractivity contribution in [2.45, 2.75) is 31.1 Å². The summed E-state index contributed by atoms with van der Waals surface area (Å²) in [6.45, 7) is 3.09. The summed E-state index contributed by atoms with van der Waals surface area (Å²) in [5.41, 5.74) is 6.17. The average Bonchev–Trinajstić information content (AvgIpc) is 2.48. The summed E-state index contributed by atoms with van der Waals surface area (Å²) < 4.78 is 26.9. The van der Waals surface area contributed by atoms with E-state index >= 15 is 0 Å². The van der Waals surface area contributed by atoms with Gasteiger partial charge in [0.1, 0.15) is 0 Å². The lowest BCUT2D eigenvalue weighted by Crippen LogP contribution is -2.40. The number of rotatable bonds is 5. The zero-order valence-corrected chi connectivity index (χ0v) is 13.6. The number of hydrogen-bond acceptors (Lipinski definition) is 4. The molecule has 22 heavy (non-hydrogen) atoms. The number of nitrogens with one attached hydrogen (secondary N) is 1. The van der Waals surface area contributed by atoms with Crippen LogP contribution in [0.4, 0.5) is 5.69 Å². The summed E-state index contributed by atoms with van der Waals surface area (Å²) in [6.07, 6.45) is 2.76. The van der Waals surface area contributed by atoms with Gasteiger partial charge in [0.05, 0.1) is 4.90 Å². The number of nitrogens with zero attached hydrogens (tertiary/aromatic N) is 1. The fourth-order valence-corrected chi connectivity index (χ4v) is 4.33. The first-order valence-electron chi connectivity index (χ1n) is 7.51. The number of anilines is 1. The van der Waals surface area contributed by atoms with Crippen LogP contribution in [0.3, 0.4) is 0 Å². The Morgan fingerprint density at radius 2 is 2.05 bits per heavy atom. The smallest absolute Gasteiger partial charge is 0.243 e. The topological polar surface area (TPSA) is 92.5 Å². The van der Waals surface area contributed by atoms with E-state index in [1.165, 1.54) is 19.1 Å². The van der Waals surface area contributed by atoms with Crippen molar-refractivity contribution in [3.63, 3.8) is 0 Å². The number of benzene rings is 1. The molecular formula is C15H23N3O3S. The third-order valence-electron chi connectivity index (χ3n) is 3.87. The van der Waals surface area contributed by atoms with Crippen LogP contribution in [0.5, 0.6) is 0 Å². The van der Waals surface area contributed by atoms with Crippen molar-refractivity contribution in [2.24, 2.45) is 11.7 Å². The maximum Gasteiger partial charge on any atom is 0.243 e. The highest BCUT2D eigenvalue weighted by Crippen LogP contribution is 2.25. The van der Waals surface area contributed by atoms with Crippen LogP contribution in [-0.2, 0) is 14.8 Å². The lowest BCUT2D eigenvalue weighted by Gasteiger charge is -2.31. The van der Waals surface area contributed by atoms with Crippen LogP contribution >= 0.6 is 0 Å². The van der Waals surface area contributed by atoms with Gasteiger partial charge in [-0.05, 0) is 56.0 Å². The Labute approximate surface area is 131 Å². The Morgan fingerprint density at radius 3 is 2.64 bits per heavy atom. The highest BCUT2D eigenvalue weighted by atomic mass is 32.2. The second-order valence-corrected chi connectivity index (χ2v) is 7.59. The van der Waals surface area contributed by atoms with Crippen molar-refractivity contribution in [1.29, 1.82) is 0 Å². The van der Waals surface area contributed by atoms with Crippen LogP contribution in [-0.4, -0.2) is 38.3 Å². The Morgan fingerprint density at radius 1 is 1.36 bits per heavy atom. The summed E-state index contributed by atoms with van der Waals surface area (Å²) >= 11 is 0. The first kappa shape index (κ1) is 16.9. The summed E-state index contributed by atoms with van der Waals surface area (Å²) in [5, 5.41) is 2.63. The number of carbonyl (C=O) groups excluding carboxylic acids is 1. The quantitative estimate of drug-likeness (QED) is 0.856. The van der Waals surface area contributed by atoms with Crippen LogP contribution in [0.15, 0.2) is 29.2 Å². The van der Waals surface area contributed by atoms with Gasteiger partial charge >= 0.3 is 0 Å². The van der Waals surface area contributed by atoms with Gasteiger partial charge in [0.15, 0.2) is 0 Å². The Balaban J connectivity index is 2.13. The highest BCUT2D eigenvalue weighted by molar-refractivity contribution is 7.89.